The summed E-state index contributed by atoms with van der Waals surface area (Å²) in [6, 6.07) is 13.0. The average molecular weight is 282 g/mol. The summed E-state index contributed by atoms with van der Waals surface area (Å²) < 4.78 is 6.47. The minimum Gasteiger partial charge on any atom is -0.456 e. The highest BCUT2D eigenvalue weighted by Crippen LogP contribution is 2.35. The molecule has 1 nitrogen and oxygen atoms in total. The fraction of sp³-hybridized carbons (Fsp3) is 0.400. The van der Waals surface area contributed by atoms with Crippen molar-refractivity contribution in [2.75, 3.05) is 0 Å². The first-order chi connectivity index (χ1) is 10.2. The maximum absolute atomic E-state index is 6.47. The topological polar surface area (TPSA) is 9.23 Å². The Morgan fingerprint density at radius 2 is 0.857 bits per heavy atom. The Balaban J connectivity index is 2.52. The predicted molar refractivity (Wildman–Crippen MR) is 90.5 cm³/mol. The molecule has 21 heavy (non-hydrogen) atoms. The Kier molecular flexibility index (Phi) is 5.44. The van der Waals surface area contributed by atoms with E-state index in [9.17, 15) is 0 Å². The van der Waals surface area contributed by atoms with E-state index in [1.807, 2.05) is 0 Å². The van der Waals surface area contributed by atoms with Gasteiger partial charge >= 0.3 is 0 Å². The molecule has 0 atom stereocenters. The maximum Gasteiger partial charge on any atom is 0.133 e. The largest absolute Gasteiger partial charge is 0.456 e. The summed E-state index contributed by atoms with van der Waals surface area (Å²) in [7, 11) is 0. The molecule has 0 fully saturated rings. The van der Waals surface area contributed by atoms with Crippen LogP contribution in [0.1, 0.15) is 49.9 Å². The van der Waals surface area contributed by atoms with E-state index < -0.39 is 0 Å². The van der Waals surface area contributed by atoms with Gasteiger partial charge in [0.05, 0.1) is 0 Å². The second-order valence-electron chi connectivity index (χ2n) is 5.33. The second kappa shape index (κ2) is 7.31. The normalized spacial score (nSPS) is 10.7. The van der Waals surface area contributed by atoms with Gasteiger partial charge in [0.2, 0.25) is 0 Å². The molecule has 2 aromatic rings. The number of ether oxygens (including phenoxy) is 1. The van der Waals surface area contributed by atoms with E-state index in [0.29, 0.717) is 0 Å². The van der Waals surface area contributed by atoms with Crippen molar-refractivity contribution in [1.29, 1.82) is 0 Å². The number of aryl methyl sites for hydroxylation is 4. The fourth-order valence-corrected chi connectivity index (χ4v) is 2.75. The van der Waals surface area contributed by atoms with Gasteiger partial charge in [0.15, 0.2) is 0 Å². The summed E-state index contributed by atoms with van der Waals surface area (Å²) in [6.07, 6.45) is 4.00. The van der Waals surface area contributed by atoms with E-state index >= 15 is 0 Å². The van der Waals surface area contributed by atoms with Gasteiger partial charge in [-0.05, 0) is 47.9 Å². The Morgan fingerprint density at radius 1 is 0.571 bits per heavy atom. The number of benzene rings is 2. The van der Waals surface area contributed by atoms with Crippen molar-refractivity contribution in [3.05, 3.63) is 58.7 Å². The van der Waals surface area contributed by atoms with Crippen LogP contribution in [0.2, 0.25) is 0 Å². The van der Waals surface area contributed by atoms with Gasteiger partial charge in [0.25, 0.3) is 0 Å². The highest BCUT2D eigenvalue weighted by Gasteiger charge is 2.13. The third-order valence-corrected chi connectivity index (χ3v) is 4.08. The van der Waals surface area contributed by atoms with Gasteiger partial charge in [-0.3, -0.25) is 0 Å². The molecule has 0 aliphatic heterocycles. The van der Waals surface area contributed by atoms with Crippen molar-refractivity contribution in [2.24, 2.45) is 0 Å². The summed E-state index contributed by atoms with van der Waals surface area (Å²) in [4.78, 5) is 0. The fourth-order valence-electron chi connectivity index (χ4n) is 2.75. The molecular formula is C20H26O. The zero-order valence-corrected chi connectivity index (χ0v) is 13.7. The van der Waals surface area contributed by atoms with E-state index in [1.165, 1.54) is 22.3 Å². The lowest BCUT2D eigenvalue weighted by atomic mass is 10.0. The lowest BCUT2D eigenvalue weighted by Crippen LogP contribution is -2.00. The molecule has 0 aliphatic carbocycles. The Bertz CT molecular complexity index is 501. The first-order valence-electron chi connectivity index (χ1n) is 8.14. The highest BCUT2D eigenvalue weighted by molar-refractivity contribution is 5.49. The molecule has 0 bridgehead atoms. The maximum atomic E-state index is 6.47. The molecule has 0 aliphatic rings. The molecule has 0 saturated heterocycles. The third kappa shape index (κ3) is 3.29. The predicted octanol–water partition coefficient (Wildman–Crippen LogP) is 5.73. The third-order valence-electron chi connectivity index (χ3n) is 4.08. The molecule has 2 rings (SSSR count). The zero-order valence-electron chi connectivity index (χ0n) is 13.7. The summed E-state index contributed by atoms with van der Waals surface area (Å²) in [5.41, 5.74) is 5.18. The summed E-state index contributed by atoms with van der Waals surface area (Å²) in [6.45, 7) is 8.75. The number of para-hydroxylation sites is 2. The van der Waals surface area contributed by atoms with Crippen LogP contribution in [0.3, 0.4) is 0 Å². The second-order valence-corrected chi connectivity index (χ2v) is 5.33. The van der Waals surface area contributed by atoms with Gasteiger partial charge in [-0.2, -0.15) is 0 Å². The van der Waals surface area contributed by atoms with Crippen molar-refractivity contribution in [3.63, 3.8) is 0 Å². The SMILES string of the molecule is CCc1cccc(CC)c1Oc1c(CC)cccc1CC. The highest BCUT2D eigenvalue weighted by atomic mass is 16.5. The Labute approximate surface area is 129 Å². The van der Waals surface area contributed by atoms with Gasteiger partial charge < -0.3 is 4.74 Å². The van der Waals surface area contributed by atoms with E-state index in [0.717, 1.165) is 37.2 Å². The lowest BCUT2D eigenvalue weighted by molar-refractivity contribution is 0.460. The Hall–Kier alpha value is -1.76. The monoisotopic (exact) mass is 282 g/mol. The van der Waals surface area contributed by atoms with Crippen molar-refractivity contribution in [2.45, 2.75) is 53.4 Å². The van der Waals surface area contributed by atoms with Gasteiger partial charge in [-0.25, -0.2) is 0 Å². The first kappa shape index (κ1) is 15.6. The van der Waals surface area contributed by atoms with Crippen LogP contribution in [0.4, 0.5) is 0 Å². The molecule has 0 heterocycles. The van der Waals surface area contributed by atoms with E-state index in [-0.39, 0.29) is 0 Å². The van der Waals surface area contributed by atoms with Crippen molar-refractivity contribution >= 4 is 0 Å². The van der Waals surface area contributed by atoms with Crippen LogP contribution in [-0.4, -0.2) is 0 Å². The molecule has 112 valence electrons. The van der Waals surface area contributed by atoms with Crippen molar-refractivity contribution < 1.29 is 4.74 Å². The molecule has 0 amide bonds. The summed E-state index contributed by atoms with van der Waals surface area (Å²) in [5.74, 6) is 2.14. The van der Waals surface area contributed by atoms with Crippen LogP contribution in [0.5, 0.6) is 11.5 Å². The summed E-state index contributed by atoms with van der Waals surface area (Å²) in [5, 5.41) is 0. The van der Waals surface area contributed by atoms with E-state index in [1.54, 1.807) is 0 Å². The molecule has 0 aromatic heterocycles. The lowest BCUT2D eigenvalue weighted by Gasteiger charge is -2.19. The molecule has 0 unspecified atom stereocenters. The molecule has 0 radical (unpaired) electrons. The van der Waals surface area contributed by atoms with E-state index in [4.69, 9.17) is 4.74 Å². The number of hydrogen-bond donors (Lipinski definition) is 0. The van der Waals surface area contributed by atoms with Crippen LogP contribution in [-0.2, 0) is 25.7 Å². The average Bonchev–Trinajstić information content (AvgIpc) is 2.55. The van der Waals surface area contributed by atoms with Crippen LogP contribution in [0, 0.1) is 0 Å². The van der Waals surface area contributed by atoms with Gasteiger partial charge in [-0.1, -0.05) is 64.1 Å². The standard InChI is InChI=1S/C20H26O/c1-5-15-11-9-12-16(6-2)19(15)21-20-17(7-3)13-10-14-18(20)8-4/h9-14H,5-8H2,1-4H3. The minimum absolute atomic E-state index is 0.999. The van der Waals surface area contributed by atoms with Gasteiger partial charge in [0.1, 0.15) is 11.5 Å². The summed E-state index contributed by atoms with van der Waals surface area (Å²) >= 11 is 0. The van der Waals surface area contributed by atoms with Gasteiger partial charge in [-0.15, -0.1) is 0 Å². The van der Waals surface area contributed by atoms with Crippen LogP contribution in [0.25, 0.3) is 0 Å². The first-order valence-corrected chi connectivity index (χ1v) is 8.14. The Morgan fingerprint density at radius 3 is 1.10 bits per heavy atom. The van der Waals surface area contributed by atoms with Crippen molar-refractivity contribution in [1.82, 2.24) is 0 Å². The molecular weight excluding hydrogens is 256 g/mol. The van der Waals surface area contributed by atoms with Crippen LogP contribution < -0.4 is 4.74 Å². The molecule has 0 saturated carbocycles. The molecule has 0 spiro atoms. The zero-order chi connectivity index (χ0) is 15.2. The molecule has 2 aromatic carbocycles. The smallest absolute Gasteiger partial charge is 0.133 e. The van der Waals surface area contributed by atoms with E-state index in [2.05, 4.69) is 64.1 Å². The number of hydrogen-bond acceptors (Lipinski definition) is 1. The van der Waals surface area contributed by atoms with Crippen LogP contribution in [0.15, 0.2) is 36.4 Å². The van der Waals surface area contributed by atoms with Crippen molar-refractivity contribution in [3.8, 4) is 11.5 Å². The quantitative estimate of drug-likeness (QED) is 0.657. The van der Waals surface area contributed by atoms with Gasteiger partial charge in [0, 0.05) is 0 Å². The minimum atomic E-state index is 0.999. The molecule has 0 N–H and O–H groups in total. The number of rotatable bonds is 6. The van der Waals surface area contributed by atoms with Crippen LogP contribution >= 0.6 is 0 Å². The molecule has 1 heteroatoms.